The fourth-order valence-corrected chi connectivity index (χ4v) is 4.12. The summed E-state index contributed by atoms with van der Waals surface area (Å²) >= 11 is 3.48. The van der Waals surface area contributed by atoms with Crippen molar-refractivity contribution in [2.75, 3.05) is 20.2 Å². The Labute approximate surface area is 179 Å². The van der Waals surface area contributed by atoms with E-state index < -0.39 is 0 Å². The van der Waals surface area contributed by atoms with E-state index in [-0.39, 0.29) is 5.91 Å². The summed E-state index contributed by atoms with van der Waals surface area (Å²) in [5, 5.41) is 1.00. The number of carbonyl (C=O) groups is 1. The van der Waals surface area contributed by atoms with Crippen molar-refractivity contribution in [3.63, 3.8) is 0 Å². The zero-order valence-corrected chi connectivity index (χ0v) is 18.3. The summed E-state index contributed by atoms with van der Waals surface area (Å²) in [4.78, 5) is 14.6. The Morgan fingerprint density at radius 3 is 2.55 bits per heavy atom. The van der Waals surface area contributed by atoms with Crippen molar-refractivity contribution in [3.8, 4) is 16.9 Å². The predicted molar refractivity (Wildman–Crippen MR) is 120 cm³/mol. The van der Waals surface area contributed by atoms with Crippen LogP contribution in [0.4, 0.5) is 0 Å². The molecule has 1 aliphatic heterocycles. The van der Waals surface area contributed by atoms with E-state index in [9.17, 15) is 4.79 Å². The number of rotatable bonds is 4. The molecule has 1 aliphatic rings. The van der Waals surface area contributed by atoms with Crippen LogP contribution in [0, 0.1) is 0 Å². The number of furan rings is 1. The van der Waals surface area contributed by atoms with E-state index in [0.29, 0.717) is 5.75 Å². The van der Waals surface area contributed by atoms with Gasteiger partial charge in [-0.25, -0.2) is 0 Å². The smallest absolute Gasteiger partial charge is 0.246 e. The molecule has 150 valence electrons. The van der Waals surface area contributed by atoms with Crippen molar-refractivity contribution >= 4 is 38.4 Å². The van der Waals surface area contributed by atoms with Crippen molar-refractivity contribution in [1.29, 1.82) is 0 Å². The highest BCUT2D eigenvalue weighted by molar-refractivity contribution is 9.10. The second-order valence-electron chi connectivity index (χ2n) is 7.42. The van der Waals surface area contributed by atoms with Crippen LogP contribution >= 0.6 is 15.9 Å². The molecule has 1 amide bonds. The molecule has 3 aromatic rings. The maximum Gasteiger partial charge on any atom is 0.246 e. The molecule has 0 spiro atoms. The van der Waals surface area contributed by atoms with Gasteiger partial charge in [0, 0.05) is 46.2 Å². The Kier molecular flexibility index (Phi) is 5.76. The molecule has 0 aliphatic carbocycles. The first-order valence-corrected chi connectivity index (χ1v) is 10.7. The van der Waals surface area contributed by atoms with Gasteiger partial charge in [0.15, 0.2) is 0 Å². The fourth-order valence-electron chi connectivity index (χ4n) is 3.85. The number of hydrogen-bond donors (Lipinski definition) is 0. The molecule has 0 bridgehead atoms. The largest absolute Gasteiger partial charge is 0.496 e. The van der Waals surface area contributed by atoms with Crippen molar-refractivity contribution in [2.45, 2.75) is 26.2 Å². The number of piperidine rings is 1. The summed E-state index contributed by atoms with van der Waals surface area (Å²) in [7, 11) is 1.64. The third kappa shape index (κ3) is 4.10. The summed E-state index contributed by atoms with van der Waals surface area (Å²) < 4.78 is 12.4. The molecule has 4 rings (SSSR count). The highest BCUT2D eigenvalue weighted by atomic mass is 79.9. The number of fused-ring (bicyclic) bond motifs is 1. The van der Waals surface area contributed by atoms with Crippen LogP contribution < -0.4 is 4.74 Å². The van der Waals surface area contributed by atoms with Gasteiger partial charge in [0.2, 0.25) is 5.91 Å². The minimum Gasteiger partial charge on any atom is -0.496 e. The molecule has 2 heterocycles. The van der Waals surface area contributed by atoms with Gasteiger partial charge in [-0.3, -0.25) is 4.79 Å². The van der Waals surface area contributed by atoms with Gasteiger partial charge in [-0.15, -0.1) is 0 Å². The summed E-state index contributed by atoms with van der Waals surface area (Å²) in [6, 6.07) is 12.1. The first-order chi connectivity index (χ1) is 14.1. The molecule has 0 radical (unpaired) electrons. The zero-order valence-electron chi connectivity index (χ0n) is 16.7. The maximum atomic E-state index is 12.7. The predicted octanol–water partition coefficient (Wildman–Crippen LogP) is 6.29. The van der Waals surface area contributed by atoms with Crippen LogP contribution in [-0.2, 0) is 4.79 Å². The number of hydrogen-bond acceptors (Lipinski definition) is 3. The normalized spacial score (nSPS) is 15.0. The fraction of sp³-hybridized carbons (Fsp3) is 0.292. The van der Waals surface area contributed by atoms with Crippen molar-refractivity contribution in [2.24, 2.45) is 0 Å². The van der Waals surface area contributed by atoms with Gasteiger partial charge in [-0.05, 0) is 55.5 Å². The molecule has 5 heteroatoms. The minimum absolute atomic E-state index is 0.0738. The number of nitrogens with zero attached hydrogens (tertiary/aromatic N) is 1. The molecule has 29 heavy (non-hydrogen) atoms. The Bertz CT molecular complexity index is 1060. The third-order valence-electron chi connectivity index (χ3n) is 5.48. The molecule has 2 aromatic carbocycles. The number of ether oxygens (including phenoxy) is 1. The van der Waals surface area contributed by atoms with Crippen LogP contribution in [0.3, 0.4) is 0 Å². The van der Waals surface area contributed by atoms with Crippen molar-refractivity contribution in [1.82, 2.24) is 4.90 Å². The first-order valence-electron chi connectivity index (χ1n) is 9.89. The average molecular weight is 454 g/mol. The van der Waals surface area contributed by atoms with Crippen LogP contribution in [-0.4, -0.2) is 31.0 Å². The standard InChI is InChI=1S/C24H24BrNO3/c1-16(12-24(27)26-10-4-3-5-11-26)19-13-20-21(17-6-8-18(25)9-7-17)15-29-23(20)14-22(19)28-2/h6-9,12-15H,3-5,10-11H2,1-2H3/b16-12+. The van der Waals surface area contributed by atoms with E-state index in [1.165, 1.54) is 6.42 Å². The number of benzene rings is 2. The zero-order chi connectivity index (χ0) is 20.4. The van der Waals surface area contributed by atoms with E-state index in [0.717, 1.165) is 63.6 Å². The lowest BCUT2D eigenvalue weighted by molar-refractivity contribution is -0.126. The second-order valence-corrected chi connectivity index (χ2v) is 8.33. The number of methoxy groups -OCH3 is 1. The Morgan fingerprint density at radius 1 is 1.14 bits per heavy atom. The number of carbonyl (C=O) groups excluding carboxylic acids is 1. The van der Waals surface area contributed by atoms with Crippen LogP contribution in [0.15, 0.2) is 57.6 Å². The van der Waals surface area contributed by atoms with E-state index in [1.54, 1.807) is 19.4 Å². The Morgan fingerprint density at radius 2 is 1.86 bits per heavy atom. The Hall–Kier alpha value is -2.53. The van der Waals surface area contributed by atoms with Gasteiger partial charge in [0.05, 0.1) is 13.4 Å². The van der Waals surface area contributed by atoms with E-state index in [1.807, 2.05) is 30.0 Å². The molecule has 0 saturated carbocycles. The van der Waals surface area contributed by atoms with Crippen molar-refractivity contribution in [3.05, 3.63) is 58.8 Å². The van der Waals surface area contributed by atoms with Crippen LogP contribution in [0.1, 0.15) is 31.7 Å². The van der Waals surface area contributed by atoms with Gasteiger partial charge in [-0.1, -0.05) is 28.1 Å². The summed E-state index contributed by atoms with van der Waals surface area (Å²) in [6.07, 6.45) is 6.87. The van der Waals surface area contributed by atoms with E-state index in [2.05, 4.69) is 34.1 Å². The molecule has 0 unspecified atom stereocenters. The van der Waals surface area contributed by atoms with E-state index >= 15 is 0 Å². The topological polar surface area (TPSA) is 42.7 Å². The van der Waals surface area contributed by atoms with Gasteiger partial charge in [0.1, 0.15) is 11.3 Å². The first kappa shape index (κ1) is 19.8. The lowest BCUT2D eigenvalue weighted by Gasteiger charge is -2.25. The SMILES string of the molecule is COc1cc2occ(-c3ccc(Br)cc3)c2cc1/C(C)=C/C(=O)N1CCCCC1. The van der Waals surface area contributed by atoms with Gasteiger partial charge >= 0.3 is 0 Å². The van der Waals surface area contributed by atoms with Gasteiger partial charge in [0.25, 0.3) is 0 Å². The number of likely N-dealkylation sites (tertiary alicyclic amines) is 1. The van der Waals surface area contributed by atoms with Gasteiger partial charge in [-0.2, -0.15) is 0 Å². The highest BCUT2D eigenvalue weighted by Crippen LogP contribution is 2.37. The molecule has 0 atom stereocenters. The summed E-state index contributed by atoms with van der Waals surface area (Å²) in [5.41, 5.74) is 4.66. The highest BCUT2D eigenvalue weighted by Gasteiger charge is 2.18. The van der Waals surface area contributed by atoms with Crippen LogP contribution in [0.2, 0.25) is 0 Å². The summed E-state index contributed by atoms with van der Waals surface area (Å²) in [5.74, 6) is 0.777. The van der Waals surface area contributed by atoms with Crippen LogP contribution in [0.25, 0.3) is 27.7 Å². The molecular formula is C24H24BrNO3. The third-order valence-corrected chi connectivity index (χ3v) is 6.01. The van der Waals surface area contributed by atoms with Crippen molar-refractivity contribution < 1.29 is 13.9 Å². The lowest BCUT2D eigenvalue weighted by atomic mass is 9.99. The van der Waals surface area contributed by atoms with E-state index in [4.69, 9.17) is 9.15 Å². The van der Waals surface area contributed by atoms with Gasteiger partial charge < -0.3 is 14.1 Å². The number of amides is 1. The van der Waals surface area contributed by atoms with Crippen LogP contribution in [0.5, 0.6) is 5.75 Å². The molecule has 0 N–H and O–H groups in total. The minimum atomic E-state index is 0.0738. The molecule has 1 fully saturated rings. The second kappa shape index (κ2) is 8.46. The lowest BCUT2D eigenvalue weighted by Crippen LogP contribution is -2.34. The number of halogens is 1. The summed E-state index contributed by atoms with van der Waals surface area (Å²) in [6.45, 7) is 3.65. The Balaban J connectivity index is 1.74. The molecule has 1 saturated heterocycles. The molecule has 1 aromatic heterocycles. The average Bonchev–Trinajstić information content (AvgIpc) is 3.16. The monoisotopic (exact) mass is 453 g/mol. The number of allylic oxidation sites excluding steroid dienone is 1. The molecular weight excluding hydrogens is 430 g/mol. The molecule has 4 nitrogen and oxygen atoms in total. The quantitative estimate of drug-likeness (QED) is 0.436. The maximum absolute atomic E-state index is 12.7.